The lowest BCUT2D eigenvalue weighted by molar-refractivity contribution is 0.0493. The number of ether oxygens (including phenoxy) is 6. The van der Waals surface area contributed by atoms with Gasteiger partial charge < -0.3 is 33.3 Å². The molecular formula is C33H53NO7. The fourth-order valence-corrected chi connectivity index (χ4v) is 3.87. The third-order valence-electron chi connectivity index (χ3n) is 6.06. The van der Waals surface area contributed by atoms with E-state index in [1.165, 1.54) is 5.56 Å². The van der Waals surface area contributed by atoms with Crippen molar-refractivity contribution in [3.05, 3.63) is 65.9 Å². The van der Waals surface area contributed by atoms with Crippen LogP contribution in [-0.2, 0) is 20.6 Å². The molecule has 0 fully saturated rings. The van der Waals surface area contributed by atoms with Crippen LogP contribution in [0.4, 0.5) is 0 Å². The van der Waals surface area contributed by atoms with Crippen molar-refractivity contribution in [1.29, 1.82) is 0 Å². The van der Waals surface area contributed by atoms with Gasteiger partial charge in [0, 0.05) is 12.6 Å². The van der Waals surface area contributed by atoms with E-state index in [4.69, 9.17) is 23.7 Å². The Kier molecular flexibility index (Phi) is 22.6. The van der Waals surface area contributed by atoms with Crippen molar-refractivity contribution in [3.63, 3.8) is 0 Å². The van der Waals surface area contributed by atoms with Gasteiger partial charge in [0.15, 0.2) is 11.5 Å². The highest BCUT2D eigenvalue weighted by Crippen LogP contribution is 2.27. The maximum Gasteiger partial charge on any atom is 0.338 e. The third-order valence-corrected chi connectivity index (χ3v) is 6.06. The second kappa shape index (κ2) is 24.6. The average Bonchev–Trinajstić information content (AvgIpc) is 3.02. The van der Waals surface area contributed by atoms with Gasteiger partial charge in [-0.1, -0.05) is 32.9 Å². The molecule has 232 valence electrons. The Morgan fingerprint density at radius 1 is 0.902 bits per heavy atom. The van der Waals surface area contributed by atoms with E-state index in [1.807, 2.05) is 39.0 Å². The third kappa shape index (κ3) is 16.0. The van der Waals surface area contributed by atoms with Gasteiger partial charge >= 0.3 is 5.97 Å². The quantitative estimate of drug-likeness (QED) is 0.116. The van der Waals surface area contributed by atoms with Gasteiger partial charge in [0.25, 0.3) is 0 Å². The number of likely N-dealkylation sites (N-methyl/N-ethyl adjacent to an activating group) is 1. The summed E-state index contributed by atoms with van der Waals surface area (Å²) in [6, 6.07) is 13.7. The minimum atomic E-state index is -0.346. The number of esters is 1. The fraction of sp³-hybridized carbons (Fsp3) is 0.545. The van der Waals surface area contributed by atoms with E-state index >= 15 is 0 Å². The number of hydrogen-bond acceptors (Lipinski definition) is 8. The van der Waals surface area contributed by atoms with Crippen LogP contribution in [0.1, 0.15) is 63.4 Å². The Bertz CT molecular complexity index is 947. The Labute approximate surface area is 248 Å². The number of hydrogen-bond donors (Lipinski definition) is 0. The SMILES string of the molecule is CC.CCN(CCCCOC(=O)c1ccc(OC)c(OC)c1)C(C)Cc1ccc(OC)cc1.CCOC/C=C/OC. The number of benzene rings is 2. The zero-order valence-electron chi connectivity index (χ0n) is 26.7. The molecule has 8 nitrogen and oxygen atoms in total. The van der Waals surface area contributed by atoms with Crippen LogP contribution in [0, 0.1) is 0 Å². The molecule has 0 amide bonds. The summed E-state index contributed by atoms with van der Waals surface area (Å²) in [7, 11) is 6.40. The molecule has 2 rings (SSSR count). The van der Waals surface area contributed by atoms with Crippen LogP contribution in [-0.4, -0.2) is 78.3 Å². The fourth-order valence-electron chi connectivity index (χ4n) is 3.87. The van der Waals surface area contributed by atoms with E-state index in [0.717, 1.165) is 44.7 Å². The first-order chi connectivity index (χ1) is 19.9. The molecule has 0 aromatic heterocycles. The summed E-state index contributed by atoms with van der Waals surface area (Å²) in [5, 5.41) is 0. The molecule has 0 saturated heterocycles. The number of carbonyl (C=O) groups excluding carboxylic acids is 1. The van der Waals surface area contributed by atoms with Gasteiger partial charge in [0.05, 0.1) is 53.5 Å². The molecule has 1 unspecified atom stereocenters. The molecule has 0 heterocycles. The Balaban J connectivity index is 0.00000138. The molecule has 0 spiro atoms. The van der Waals surface area contributed by atoms with Gasteiger partial charge in [0.2, 0.25) is 0 Å². The van der Waals surface area contributed by atoms with Crippen LogP contribution in [0.3, 0.4) is 0 Å². The monoisotopic (exact) mass is 575 g/mol. The van der Waals surface area contributed by atoms with Crippen LogP contribution in [0.25, 0.3) is 0 Å². The molecule has 41 heavy (non-hydrogen) atoms. The Morgan fingerprint density at radius 2 is 1.59 bits per heavy atom. The molecule has 0 aliphatic heterocycles. The first-order valence-corrected chi connectivity index (χ1v) is 14.5. The van der Waals surface area contributed by atoms with Gasteiger partial charge in [-0.05, 0) is 88.2 Å². The summed E-state index contributed by atoms with van der Waals surface area (Å²) < 4.78 is 30.7. The topological polar surface area (TPSA) is 75.7 Å². The van der Waals surface area contributed by atoms with Crippen LogP contribution in [0.2, 0.25) is 0 Å². The number of unbranched alkanes of at least 4 members (excludes halogenated alkanes) is 1. The standard InChI is InChI=1S/C25H35NO5.C6H12O2.C2H6/c1-6-26(19(2)17-20-9-12-22(28-3)13-10-20)15-7-8-16-31-25(27)21-11-14-23(29-4)24(18-21)30-5;1-3-8-6-4-5-7-2;1-2/h9-14,18-19H,6-8,15-17H2,1-5H3;4-5H,3,6H2,1-2H3;1-2H3/b;5-4+;. The maximum absolute atomic E-state index is 12.3. The molecule has 0 N–H and O–H groups in total. The highest BCUT2D eigenvalue weighted by molar-refractivity contribution is 5.90. The van der Waals surface area contributed by atoms with Gasteiger partial charge in [0.1, 0.15) is 5.75 Å². The van der Waals surface area contributed by atoms with E-state index < -0.39 is 0 Å². The Morgan fingerprint density at radius 3 is 2.15 bits per heavy atom. The summed E-state index contributed by atoms with van der Waals surface area (Å²) in [6.07, 6.45) is 6.22. The predicted molar refractivity (Wildman–Crippen MR) is 166 cm³/mol. The number of methoxy groups -OCH3 is 4. The zero-order valence-corrected chi connectivity index (χ0v) is 26.7. The minimum absolute atomic E-state index is 0.346. The lowest BCUT2D eigenvalue weighted by atomic mass is 10.1. The second-order valence-corrected chi connectivity index (χ2v) is 8.71. The van der Waals surface area contributed by atoms with Gasteiger partial charge in [-0.15, -0.1) is 0 Å². The van der Waals surface area contributed by atoms with Crippen molar-refractivity contribution in [2.24, 2.45) is 0 Å². The summed E-state index contributed by atoms with van der Waals surface area (Å²) in [5.74, 6) is 1.64. The van der Waals surface area contributed by atoms with Crippen molar-refractivity contribution in [2.45, 2.75) is 59.9 Å². The summed E-state index contributed by atoms with van der Waals surface area (Å²) in [6.45, 7) is 14.2. The average molecular weight is 576 g/mol. The molecular weight excluding hydrogens is 522 g/mol. The van der Waals surface area contributed by atoms with E-state index in [1.54, 1.807) is 52.9 Å². The van der Waals surface area contributed by atoms with Gasteiger partial charge in [-0.2, -0.15) is 0 Å². The van der Waals surface area contributed by atoms with E-state index in [9.17, 15) is 4.79 Å². The van der Waals surface area contributed by atoms with Crippen molar-refractivity contribution < 1.29 is 33.2 Å². The first kappa shape index (κ1) is 37.8. The van der Waals surface area contributed by atoms with Crippen LogP contribution >= 0.6 is 0 Å². The van der Waals surface area contributed by atoms with Crippen LogP contribution < -0.4 is 14.2 Å². The molecule has 0 bridgehead atoms. The molecule has 0 aliphatic carbocycles. The normalized spacial score (nSPS) is 11.1. The van der Waals surface area contributed by atoms with E-state index in [0.29, 0.717) is 36.3 Å². The highest BCUT2D eigenvalue weighted by atomic mass is 16.5. The second-order valence-electron chi connectivity index (χ2n) is 8.71. The highest BCUT2D eigenvalue weighted by Gasteiger charge is 2.14. The number of carbonyl (C=O) groups is 1. The molecule has 1 atom stereocenters. The van der Waals surface area contributed by atoms with Crippen molar-refractivity contribution in [1.82, 2.24) is 4.90 Å². The predicted octanol–water partition coefficient (Wildman–Crippen LogP) is 6.81. The molecule has 8 heteroatoms. The summed E-state index contributed by atoms with van der Waals surface area (Å²) >= 11 is 0. The van der Waals surface area contributed by atoms with Crippen LogP contribution in [0.15, 0.2) is 54.8 Å². The van der Waals surface area contributed by atoms with E-state index in [-0.39, 0.29) is 5.97 Å². The van der Waals surface area contributed by atoms with Crippen molar-refractivity contribution in [2.75, 3.05) is 61.3 Å². The number of rotatable bonds is 17. The molecule has 0 saturated carbocycles. The molecule has 0 radical (unpaired) electrons. The summed E-state index contributed by atoms with van der Waals surface area (Å²) in [5.41, 5.74) is 1.76. The summed E-state index contributed by atoms with van der Waals surface area (Å²) in [4.78, 5) is 14.7. The van der Waals surface area contributed by atoms with Crippen molar-refractivity contribution >= 4 is 5.97 Å². The molecule has 2 aromatic rings. The van der Waals surface area contributed by atoms with Crippen molar-refractivity contribution in [3.8, 4) is 17.2 Å². The van der Waals surface area contributed by atoms with E-state index in [2.05, 4.69) is 35.6 Å². The molecule has 2 aromatic carbocycles. The lowest BCUT2D eigenvalue weighted by Gasteiger charge is -2.28. The van der Waals surface area contributed by atoms with Crippen LogP contribution in [0.5, 0.6) is 17.2 Å². The van der Waals surface area contributed by atoms with Gasteiger partial charge in [-0.3, -0.25) is 0 Å². The minimum Gasteiger partial charge on any atom is -0.505 e. The maximum atomic E-state index is 12.3. The number of nitrogens with zero attached hydrogens (tertiary/aromatic N) is 1. The first-order valence-electron chi connectivity index (χ1n) is 14.5. The zero-order chi connectivity index (χ0) is 30.9. The van der Waals surface area contributed by atoms with Gasteiger partial charge in [-0.25, -0.2) is 4.79 Å². The lowest BCUT2D eigenvalue weighted by Crippen LogP contribution is -2.35. The largest absolute Gasteiger partial charge is 0.505 e. The smallest absolute Gasteiger partial charge is 0.338 e. The molecule has 0 aliphatic rings. The Hall–Kier alpha value is -3.23.